The number of anilines is 1. The Hall–Kier alpha value is -1.63. The van der Waals surface area contributed by atoms with Crippen LogP contribution in [0.15, 0.2) is 41.3 Å². The predicted molar refractivity (Wildman–Crippen MR) is 136 cm³/mol. The summed E-state index contributed by atoms with van der Waals surface area (Å²) in [5, 5.41) is 1.90. The lowest BCUT2D eigenvalue weighted by atomic mass is 9.48. The van der Waals surface area contributed by atoms with Crippen LogP contribution in [0.4, 0.5) is 5.69 Å². The molecule has 0 amide bonds. The Kier molecular flexibility index (Phi) is 4.89. The lowest BCUT2D eigenvalue weighted by Gasteiger charge is -2.59. The monoisotopic (exact) mass is 479 g/mol. The van der Waals surface area contributed by atoms with Gasteiger partial charge in [-0.05, 0) is 111 Å². The zero-order valence-electron chi connectivity index (χ0n) is 20.0. The van der Waals surface area contributed by atoms with Crippen molar-refractivity contribution < 1.29 is 8.42 Å². The number of piperidine rings is 1. The van der Waals surface area contributed by atoms with Gasteiger partial charge in [-0.15, -0.1) is 0 Å². The highest BCUT2D eigenvalue weighted by Crippen LogP contribution is 2.61. The molecular formula is C28H37N3O2S. The van der Waals surface area contributed by atoms with E-state index in [2.05, 4.69) is 4.90 Å². The molecule has 4 bridgehead atoms. The molecule has 1 atom stereocenters. The fourth-order valence-corrected chi connectivity index (χ4v) is 10.6. The SMILES string of the molecule is NC(CN1CCC(CN2c3cccc4cccc(c34)S2(=O)=O)CC1)C12CC3CC(CC(C3)C1)C2. The van der Waals surface area contributed by atoms with Crippen LogP contribution in [0.3, 0.4) is 0 Å². The van der Waals surface area contributed by atoms with Gasteiger partial charge in [-0.3, -0.25) is 4.31 Å². The van der Waals surface area contributed by atoms with Crippen LogP contribution in [-0.4, -0.2) is 45.5 Å². The van der Waals surface area contributed by atoms with Gasteiger partial charge in [-0.25, -0.2) is 8.42 Å². The molecule has 4 aliphatic carbocycles. The first-order valence-electron chi connectivity index (χ1n) is 13.4. The lowest BCUT2D eigenvalue weighted by Crippen LogP contribution is -2.58. The average Bonchev–Trinajstić information content (AvgIpc) is 3.03. The van der Waals surface area contributed by atoms with Crippen molar-refractivity contribution in [1.29, 1.82) is 0 Å². The van der Waals surface area contributed by atoms with Gasteiger partial charge in [0.2, 0.25) is 0 Å². The second kappa shape index (κ2) is 7.68. The molecule has 0 aromatic heterocycles. The van der Waals surface area contributed by atoms with E-state index in [1.807, 2.05) is 30.3 Å². The fraction of sp³-hybridized carbons (Fsp3) is 0.643. The number of rotatable bonds is 5. The predicted octanol–water partition coefficient (Wildman–Crippen LogP) is 4.60. The van der Waals surface area contributed by atoms with E-state index in [0.29, 0.717) is 28.8 Å². The molecule has 6 heteroatoms. The zero-order valence-corrected chi connectivity index (χ0v) is 20.8. The maximum atomic E-state index is 13.4. The maximum Gasteiger partial charge on any atom is 0.265 e. The topological polar surface area (TPSA) is 66.6 Å². The number of nitrogens with two attached hydrogens (primary N) is 1. The number of hydrogen-bond acceptors (Lipinski definition) is 4. The van der Waals surface area contributed by atoms with Crippen molar-refractivity contribution in [2.75, 3.05) is 30.5 Å². The van der Waals surface area contributed by atoms with Crippen LogP contribution >= 0.6 is 0 Å². The highest BCUT2D eigenvalue weighted by Gasteiger charge is 2.53. The van der Waals surface area contributed by atoms with Crippen molar-refractivity contribution in [2.45, 2.75) is 62.3 Å². The number of sulfonamides is 1. The molecule has 1 saturated heterocycles. The summed E-state index contributed by atoms with van der Waals surface area (Å²) in [7, 11) is -3.46. The summed E-state index contributed by atoms with van der Waals surface area (Å²) in [5.74, 6) is 3.23. The van der Waals surface area contributed by atoms with E-state index in [1.54, 1.807) is 10.4 Å². The quantitative estimate of drug-likeness (QED) is 0.680. The van der Waals surface area contributed by atoms with Crippen molar-refractivity contribution in [1.82, 2.24) is 4.90 Å². The third-order valence-electron chi connectivity index (χ3n) is 10.1. The molecule has 2 aromatic rings. The molecule has 34 heavy (non-hydrogen) atoms. The van der Waals surface area contributed by atoms with Crippen molar-refractivity contribution >= 4 is 26.5 Å². The molecule has 1 unspecified atom stereocenters. The van der Waals surface area contributed by atoms with Gasteiger partial charge in [0.15, 0.2) is 0 Å². The fourth-order valence-electron chi connectivity index (χ4n) is 8.84. The standard InChI is InChI=1S/C28H37N3O2S/c29-26(28-14-20-11-21(15-28)13-22(12-20)16-28)18-30-9-7-19(8-10-30)17-31-24-5-1-3-23-4-2-6-25(27(23)24)34(31,32)33/h1-6,19-22,26H,7-18,29H2. The summed E-state index contributed by atoms with van der Waals surface area (Å²) in [6.45, 7) is 3.68. The second-order valence-corrected chi connectivity index (χ2v) is 14.1. The minimum absolute atomic E-state index is 0.295. The van der Waals surface area contributed by atoms with E-state index in [1.165, 1.54) is 38.5 Å². The molecule has 8 rings (SSSR count). The highest BCUT2D eigenvalue weighted by molar-refractivity contribution is 7.93. The van der Waals surface area contributed by atoms with Gasteiger partial charge in [0.05, 0.1) is 10.6 Å². The summed E-state index contributed by atoms with van der Waals surface area (Å²) >= 11 is 0. The van der Waals surface area contributed by atoms with Crippen LogP contribution in [0.1, 0.15) is 51.4 Å². The highest BCUT2D eigenvalue weighted by atomic mass is 32.2. The Morgan fingerprint density at radius 1 is 0.941 bits per heavy atom. The molecule has 2 heterocycles. The van der Waals surface area contributed by atoms with Crippen LogP contribution in [0, 0.1) is 29.1 Å². The molecule has 2 aliphatic heterocycles. The Labute approximate surface area is 203 Å². The Balaban J connectivity index is 1.01. The first kappa shape index (κ1) is 21.6. The van der Waals surface area contributed by atoms with Crippen LogP contribution in [-0.2, 0) is 10.0 Å². The molecule has 6 aliphatic rings. The summed E-state index contributed by atoms with van der Waals surface area (Å²) in [4.78, 5) is 3.05. The maximum absolute atomic E-state index is 13.4. The van der Waals surface area contributed by atoms with Crippen LogP contribution in [0.2, 0.25) is 0 Å². The average molecular weight is 480 g/mol. The van der Waals surface area contributed by atoms with Gasteiger partial charge in [0.1, 0.15) is 0 Å². The van der Waals surface area contributed by atoms with Crippen molar-refractivity contribution in [3.8, 4) is 0 Å². The molecule has 5 fully saturated rings. The molecule has 182 valence electrons. The largest absolute Gasteiger partial charge is 0.326 e. The van der Waals surface area contributed by atoms with E-state index >= 15 is 0 Å². The molecule has 2 aromatic carbocycles. The van der Waals surface area contributed by atoms with Crippen molar-refractivity contribution in [3.05, 3.63) is 36.4 Å². The molecule has 2 N–H and O–H groups in total. The van der Waals surface area contributed by atoms with Gasteiger partial charge in [-0.1, -0.05) is 24.3 Å². The van der Waals surface area contributed by atoms with Crippen LogP contribution in [0.5, 0.6) is 0 Å². The van der Waals surface area contributed by atoms with Gasteiger partial charge >= 0.3 is 0 Å². The zero-order chi connectivity index (χ0) is 23.1. The number of nitrogens with zero attached hydrogens (tertiary/aromatic N) is 2. The molecular weight excluding hydrogens is 442 g/mol. The lowest BCUT2D eigenvalue weighted by molar-refractivity contribution is -0.0724. The number of likely N-dealkylation sites (tertiary alicyclic amines) is 1. The van der Waals surface area contributed by atoms with E-state index in [-0.39, 0.29) is 0 Å². The summed E-state index contributed by atoms with van der Waals surface area (Å²) < 4.78 is 28.4. The molecule has 5 nitrogen and oxygen atoms in total. The Morgan fingerprint density at radius 2 is 1.56 bits per heavy atom. The number of benzene rings is 2. The van der Waals surface area contributed by atoms with Crippen molar-refractivity contribution in [3.63, 3.8) is 0 Å². The first-order chi connectivity index (χ1) is 16.4. The minimum atomic E-state index is -3.46. The third-order valence-corrected chi connectivity index (χ3v) is 12.0. The van der Waals surface area contributed by atoms with Crippen LogP contribution in [0.25, 0.3) is 10.8 Å². The van der Waals surface area contributed by atoms with E-state index in [9.17, 15) is 8.42 Å². The minimum Gasteiger partial charge on any atom is -0.326 e. The van der Waals surface area contributed by atoms with Gasteiger partial charge in [0.25, 0.3) is 10.0 Å². The molecule has 0 spiro atoms. The Morgan fingerprint density at radius 3 is 2.21 bits per heavy atom. The smallest absolute Gasteiger partial charge is 0.265 e. The summed E-state index contributed by atoms with van der Waals surface area (Å²) in [6.07, 6.45) is 10.6. The van der Waals surface area contributed by atoms with Gasteiger partial charge in [0, 0.05) is 24.5 Å². The second-order valence-electron chi connectivity index (χ2n) is 12.3. The van der Waals surface area contributed by atoms with Crippen LogP contribution < -0.4 is 10.0 Å². The van der Waals surface area contributed by atoms with Crippen molar-refractivity contribution in [2.24, 2.45) is 34.8 Å². The number of hydrogen-bond donors (Lipinski definition) is 1. The summed E-state index contributed by atoms with van der Waals surface area (Å²) in [5.41, 5.74) is 8.23. The normalized spacial score (nSPS) is 35.3. The summed E-state index contributed by atoms with van der Waals surface area (Å²) in [6, 6.07) is 11.9. The van der Waals surface area contributed by atoms with E-state index in [0.717, 1.165) is 66.7 Å². The molecule has 4 saturated carbocycles. The Bertz CT molecular complexity index is 1180. The molecule has 0 radical (unpaired) electrons. The van der Waals surface area contributed by atoms with Gasteiger partial charge < -0.3 is 10.6 Å². The van der Waals surface area contributed by atoms with E-state index < -0.39 is 10.0 Å². The third kappa shape index (κ3) is 3.28. The van der Waals surface area contributed by atoms with Gasteiger partial charge in [-0.2, -0.15) is 0 Å². The van der Waals surface area contributed by atoms with E-state index in [4.69, 9.17) is 5.73 Å². The first-order valence-corrected chi connectivity index (χ1v) is 14.9.